The highest BCUT2D eigenvalue weighted by Gasteiger charge is 2.34. The zero-order valence-electron chi connectivity index (χ0n) is 12.9. The predicted octanol–water partition coefficient (Wildman–Crippen LogP) is 1.78. The van der Waals surface area contributed by atoms with E-state index in [1.807, 2.05) is 0 Å². The Balaban J connectivity index is 1.68. The minimum atomic E-state index is -0.131. The first-order chi connectivity index (χ1) is 9.64. The number of rotatable bonds is 5. The van der Waals surface area contributed by atoms with Crippen molar-refractivity contribution >= 4 is 5.91 Å². The van der Waals surface area contributed by atoms with Crippen LogP contribution in [0.15, 0.2) is 0 Å². The minimum Gasteiger partial charge on any atom is -0.396 e. The second-order valence-electron chi connectivity index (χ2n) is 6.87. The SMILES string of the molecule is CC1(C(=O)NCCN2CCCC(CO)C2)CCCCC1. The van der Waals surface area contributed by atoms with Gasteiger partial charge in [0.05, 0.1) is 0 Å². The molecule has 1 amide bonds. The molecule has 1 aliphatic carbocycles. The maximum Gasteiger partial charge on any atom is 0.225 e. The molecule has 1 saturated carbocycles. The zero-order chi connectivity index (χ0) is 14.4. The number of hydrogen-bond acceptors (Lipinski definition) is 3. The third-order valence-corrected chi connectivity index (χ3v) is 5.08. The van der Waals surface area contributed by atoms with Crippen molar-refractivity contribution in [3.63, 3.8) is 0 Å². The van der Waals surface area contributed by atoms with Crippen molar-refractivity contribution in [3.05, 3.63) is 0 Å². The second-order valence-corrected chi connectivity index (χ2v) is 6.87. The van der Waals surface area contributed by atoms with Crippen LogP contribution in [0, 0.1) is 11.3 Å². The molecule has 0 bridgehead atoms. The lowest BCUT2D eigenvalue weighted by atomic mass is 9.75. The van der Waals surface area contributed by atoms with Crippen molar-refractivity contribution in [2.45, 2.75) is 51.9 Å². The van der Waals surface area contributed by atoms with Gasteiger partial charge in [-0.05, 0) is 38.1 Å². The summed E-state index contributed by atoms with van der Waals surface area (Å²) in [6.07, 6.45) is 8.03. The van der Waals surface area contributed by atoms with Crippen LogP contribution in [0.3, 0.4) is 0 Å². The molecule has 0 aromatic rings. The number of hydrogen-bond donors (Lipinski definition) is 2. The van der Waals surface area contributed by atoms with Crippen LogP contribution in [0.2, 0.25) is 0 Å². The van der Waals surface area contributed by atoms with E-state index in [2.05, 4.69) is 17.1 Å². The van der Waals surface area contributed by atoms with Crippen LogP contribution in [0.5, 0.6) is 0 Å². The van der Waals surface area contributed by atoms with E-state index < -0.39 is 0 Å². The number of aliphatic hydroxyl groups is 1. The number of carbonyl (C=O) groups is 1. The first-order valence-corrected chi connectivity index (χ1v) is 8.25. The summed E-state index contributed by atoms with van der Waals surface area (Å²) in [6.45, 7) is 6.14. The Bertz CT molecular complexity index is 314. The maximum absolute atomic E-state index is 12.3. The Kier molecular flexibility index (Phi) is 5.85. The van der Waals surface area contributed by atoms with Crippen molar-refractivity contribution in [2.75, 3.05) is 32.8 Å². The van der Waals surface area contributed by atoms with Crippen LogP contribution >= 0.6 is 0 Å². The first-order valence-electron chi connectivity index (χ1n) is 8.25. The Labute approximate surface area is 122 Å². The van der Waals surface area contributed by atoms with Gasteiger partial charge in [-0.15, -0.1) is 0 Å². The van der Waals surface area contributed by atoms with Gasteiger partial charge in [-0.2, -0.15) is 0 Å². The topological polar surface area (TPSA) is 52.6 Å². The van der Waals surface area contributed by atoms with Crippen LogP contribution in [0.25, 0.3) is 0 Å². The summed E-state index contributed by atoms with van der Waals surface area (Å²) in [5.74, 6) is 0.670. The molecule has 2 fully saturated rings. The van der Waals surface area contributed by atoms with Gasteiger partial charge in [0, 0.05) is 31.7 Å². The molecular formula is C16H30N2O2. The number of nitrogens with zero attached hydrogens (tertiary/aromatic N) is 1. The highest BCUT2D eigenvalue weighted by molar-refractivity contribution is 5.82. The van der Waals surface area contributed by atoms with Crippen LogP contribution in [-0.4, -0.2) is 48.7 Å². The molecule has 1 atom stereocenters. The smallest absolute Gasteiger partial charge is 0.225 e. The molecule has 0 aromatic carbocycles. The Hall–Kier alpha value is -0.610. The average molecular weight is 282 g/mol. The predicted molar refractivity (Wildman–Crippen MR) is 80.5 cm³/mol. The van der Waals surface area contributed by atoms with E-state index in [9.17, 15) is 9.90 Å². The molecule has 1 saturated heterocycles. The molecule has 1 unspecified atom stereocenters. The van der Waals surface area contributed by atoms with Gasteiger partial charge in [0.2, 0.25) is 5.91 Å². The molecule has 2 N–H and O–H groups in total. The van der Waals surface area contributed by atoms with Crippen molar-refractivity contribution in [3.8, 4) is 0 Å². The Morgan fingerprint density at radius 2 is 2.05 bits per heavy atom. The van der Waals surface area contributed by atoms with E-state index in [0.29, 0.717) is 12.5 Å². The minimum absolute atomic E-state index is 0.131. The van der Waals surface area contributed by atoms with E-state index >= 15 is 0 Å². The Morgan fingerprint density at radius 3 is 2.75 bits per heavy atom. The summed E-state index contributed by atoms with van der Waals surface area (Å²) >= 11 is 0. The molecule has 1 aliphatic heterocycles. The molecule has 0 spiro atoms. The lowest BCUT2D eigenvalue weighted by Gasteiger charge is -2.34. The summed E-state index contributed by atoms with van der Waals surface area (Å²) in [6, 6.07) is 0. The summed E-state index contributed by atoms with van der Waals surface area (Å²) in [5, 5.41) is 12.4. The van der Waals surface area contributed by atoms with Gasteiger partial charge in [0.25, 0.3) is 0 Å². The molecule has 0 aromatic heterocycles. The van der Waals surface area contributed by atoms with Crippen molar-refractivity contribution < 1.29 is 9.90 Å². The molecule has 4 heteroatoms. The van der Waals surface area contributed by atoms with E-state index in [-0.39, 0.29) is 11.3 Å². The highest BCUT2D eigenvalue weighted by Crippen LogP contribution is 2.35. The lowest BCUT2D eigenvalue weighted by Crippen LogP contribution is -2.45. The van der Waals surface area contributed by atoms with Gasteiger partial charge in [-0.1, -0.05) is 26.2 Å². The lowest BCUT2D eigenvalue weighted by molar-refractivity contribution is -0.131. The van der Waals surface area contributed by atoms with Crippen molar-refractivity contribution in [1.82, 2.24) is 10.2 Å². The normalized spacial score (nSPS) is 27.2. The third kappa shape index (κ3) is 4.19. The molecule has 20 heavy (non-hydrogen) atoms. The van der Waals surface area contributed by atoms with Crippen molar-refractivity contribution in [1.29, 1.82) is 0 Å². The number of aliphatic hydroxyl groups excluding tert-OH is 1. The molecule has 2 rings (SSSR count). The van der Waals surface area contributed by atoms with Crippen LogP contribution < -0.4 is 5.32 Å². The van der Waals surface area contributed by atoms with E-state index in [0.717, 1.165) is 51.9 Å². The number of piperidine rings is 1. The number of amides is 1. The summed E-state index contributed by atoms with van der Waals surface area (Å²) < 4.78 is 0. The van der Waals surface area contributed by atoms with Gasteiger partial charge in [0.15, 0.2) is 0 Å². The van der Waals surface area contributed by atoms with E-state index in [4.69, 9.17) is 0 Å². The zero-order valence-corrected chi connectivity index (χ0v) is 12.9. The first kappa shape index (κ1) is 15.8. The number of nitrogens with one attached hydrogen (secondary N) is 1. The quantitative estimate of drug-likeness (QED) is 0.808. The van der Waals surface area contributed by atoms with E-state index in [1.54, 1.807) is 0 Å². The van der Waals surface area contributed by atoms with Gasteiger partial charge >= 0.3 is 0 Å². The van der Waals surface area contributed by atoms with Crippen LogP contribution in [0.4, 0.5) is 0 Å². The fourth-order valence-electron chi connectivity index (χ4n) is 3.60. The Morgan fingerprint density at radius 1 is 1.30 bits per heavy atom. The largest absolute Gasteiger partial charge is 0.396 e. The molecule has 116 valence electrons. The van der Waals surface area contributed by atoms with Crippen LogP contribution in [0.1, 0.15) is 51.9 Å². The molecular weight excluding hydrogens is 252 g/mol. The molecule has 2 aliphatic rings. The summed E-state index contributed by atoms with van der Waals surface area (Å²) in [7, 11) is 0. The van der Waals surface area contributed by atoms with Gasteiger partial charge in [-0.25, -0.2) is 0 Å². The average Bonchev–Trinajstić information content (AvgIpc) is 2.48. The monoisotopic (exact) mass is 282 g/mol. The highest BCUT2D eigenvalue weighted by atomic mass is 16.3. The maximum atomic E-state index is 12.3. The third-order valence-electron chi connectivity index (χ3n) is 5.08. The van der Waals surface area contributed by atoms with E-state index in [1.165, 1.54) is 19.3 Å². The standard InChI is InChI=1S/C16H30N2O2/c1-16(7-3-2-4-8-16)15(20)17-9-11-18-10-5-6-14(12-18)13-19/h14,19H,2-13H2,1H3,(H,17,20). The second kappa shape index (κ2) is 7.41. The fraction of sp³-hybridized carbons (Fsp3) is 0.938. The molecule has 0 radical (unpaired) electrons. The van der Waals surface area contributed by atoms with Gasteiger partial charge < -0.3 is 15.3 Å². The summed E-state index contributed by atoms with van der Waals surface area (Å²) in [5.41, 5.74) is -0.131. The van der Waals surface area contributed by atoms with Crippen molar-refractivity contribution in [2.24, 2.45) is 11.3 Å². The molecule has 4 nitrogen and oxygen atoms in total. The fourth-order valence-corrected chi connectivity index (χ4v) is 3.60. The summed E-state index contributed by atoms with van der Waals surface area (Å²) in [4.78, 5) is 14.7. The van der Waals surface area contributed by atoms with Gasteiger partial charge in [0.1, 0.15) is 0 Å². The number of likely N-dealkylation sites (tertiary alicyclic amines) is 1. The number of carbonyl (C=O) groups excluding carboxylic acids is 1. The van der Waals surface area contributed by atoms with Gasteiger partial charge in [-0.3, -0.25) is 4.79 Å². The van der Waals surface area contributed by atoms with Crippen LogP contribution in [-0.2, 0) is 4.79 Å². The molecule has 1 heterocycles.